The monoisotopic (exact) mass is 272 g/mol. The summed E-state index contributed by atoms with van der Waals surface area (Å²) < 4.78 is 28.9. The predicted molar refractivity (Wildman–Crippen MR) is 63.2 cm³/mol. The van der Waals surface area contributed by atoms with E-state index in [-0.39, 0.29) is 18.0 Å². The SMILES string of the molecule is CC(=O)C12O[C@H]3COC(C)(C)OC3C1OC(C)(C)O2. The van der Waals surface area contributed by atoms with Crippen molar-refractivity contribution in [2.75, 3.05) is 6.61 Å². The molecule has 3 aliphatic heterocycles. The van der Waals surface area contributed by atoms with Gasteiger partial charge in [0.15, 0.2) is 23.5 Å². The molecule has 0 radical (unpaired) electrons. The van der Waals surface area contributed by atoms with E-state index in [1.165, 1.54) is 6.92 Å². The number of fused-ring (bicyclic) bond motifs is 3. The van der Waals surface area contributed by atoms with Crippen LogP contribution in [-0.4, -0.2) is 48.1 Å². The van der Waals surface area contributed by atoms with E-state index < -0.39 is 23.5 Å². The van der Waals surface area contributed by atoms with Gasteiger partial charge in [0.05, 0.1) is 6.61 Å². The first-order valence-corrected chi connectivity index (χ1v) is 6.54. The predicted octanol–water partition coefficient (Wildman–Crippen LogP) is 0.973. The average molecular weight is 272 g/mol. The van der Waals surface area contributed by atoms with Gasteiger partial charge in [-0.05, 0) is 27.7 Å². The standard InChI is InChI=1S/C13H20O6/c1-7(14)13-10(18-12(4,5)19-13)9-8(16-13)6-15-11(2,3)17-9/h8-10H,6H2,1-5H3/t8-,9?,10?,13?/m0/s1. The molecule has 0 amide bonds. The number of ketones is 1. The first kappa shape index (κ1) is 13.5. The van der Waals surface area contributed by atoms with Crippen LogP contribution in [0.15, 0.2) is 0 Å². The van der Waals surface area contributed by atoms with Crippen molar-refractivity contribution in [2.24, 2.45) is 0 Å². The lowest BCUT2D eigenvalue weighted by Crippen LogP contribution is -2.51. The Hall–Kier alpha value is -0.530. The van der Waals surface area contributed by atoms with Gasteiger partial charge in [-0.15, -0.1) is 0 Å². The fourth-order valence-electron chi connectivity index (χ4n) is 2.96. The summed E-state index contributed by atoms with van der Waals surface area (Å²) in [5.74, 6) is -3.16. The molecule has 3 heterocycles. The Kier molecular flexibility index (Phi) is 2.67. The van der Waals surface area contributed by atoms with E-state index in [1.54, 1.807) is 13.8 Å². The van der Waals surface area contributed by atoms with E-state index in [9.17, 15) is 4.79 Å². The number of rotatable bonds is 1. The molecular weight excluding hydrogens is 252 g/mol. The first-order valence-electron chi connectivity index (χ1n) is 6.54. The second kappa shape index (κ2) is 3.77. The molecule has 6 heteroatoms. The fourth-order valence-corrected chi connectivity index (χ4v) is 2.96. The van der Waals surface area contributed by atoms with Gasteiger partial charge in [0.1, 0.15) is 12.2 Å². The molecule has 4 atom stereocenters. The van der Waals surface area contributed by atoms with Gasteiger partial charge in [0, 0.05) is 6.92 Å². The minimum atomic E-state index is -1.37. The summed E-state index contributed by atoms with van der Waals surface area (Å²) in [6.45, 7) is 8.99. The van der Waals surface area contributed by atoms with Gasteiger partial charge < -0.3 is 23.7 Å². The molecule has 3 rings (SSSR count). The average Bonchev–Trinajstić information content (AvgIpc) is 2.67. The molecule has 0 aliphatic carbocycles. The van der Waals surface area contributed by atoms with E-state index in [4.69, 9.17) is 23.7 Å². The van der Waals surface area contributed by atoms with E-state index in [0.717, 1.165) is 0 Å². The summed E-state index contributed by atoms with van der Waals surface area (Å²) in [7, 11) is 0. The van der Waals surface area contributed by atoms with Gasteiger partial charge in [-0.2, -0.15) is 0 Å². The van der Waals surface area contributed by atoms with Gasteiger partial charge in [0.2, 0.25) is 0 Å². The molecule has 0 aromatic heterocycles. The molecule has 3 aliphatic rings. The lowest BCUT2D eigenvalue weighted by molar-refractivity contribution is -0.324. The Morgan fingerprint density at radius 2 is 1.74 bits per heavy atom. The van der Waals surface area contributed by atoms with Crippen LogP contribution in [-0.2, 0) is 28.5 Å². The summed E-state index contributed by atoms with van der Waals surface area (Å²) in [5, 5.41) is 0. The van der Waals surface area contributed by atoms with Crippen LogP contribution in [0.5, 0.6) is 0 Å². The van der Waals surface area contributed by atoms with Crippen molar-refractivity contribution in [2.45, 2.75) is 70.3 Å². The molecule has 6 nitrogen and oxygen atoms in total. The van der Waals surface area contributed by atoms with Crippen LogP contribution in [0, 0.1) is 0 Å². The minimum Gasteiger partial charge on any atom is -0.348 e. The zero-order chi connectivity index (χ0) is 14.1. The number of Topliss-reactive ketones (excluding diaryl/α,β-unsaturated/α-hetero) is 1. The molecule has 3 saturated heterocycles. The summed E-state index contributed by atoms with van der Waals surface area (Å²) in [4.78, 5) is 12.0. The maximum absolute atomic E-state index is 12.0. The first-order chi connectivity index (χ1) is 8.65. The number of ether oxygens (including phenoxy) is 5. The third-order valence-electron chi connectivity index (χ3n) is 3.68. The smallest absolute Gasteiger partial charge is 0.261 e. The van der Waals surface area contributed by atoms with Crippen LogP contribution < -0.4 is 0 Å². The van der Waals surface area contributed by atoms with Crippen molar-refractivity contribution in [3.8, 4) is 0 Å². The summed E-state index contributed by atoms with van der Waals surface area (Å²) >= 11 is 0. The summed E-state index contributed by atoms with van der Waals surface area (Å²) in [5.41, 5.74) is 0. The highest BCUT2D eigenvalue weighted by atomic mass is 16.9. The van der Waals surface area contributed by atoms with Crippen LogP contribution in [0.2, 0.25) is 0 Å². The molecule has 19 heavy (non-hydrogen) atoms. The number of hydrogen-bond acceptors (Lipinski definition) is 6. The molecule has 0 bridgehead atoms. The lowest BCUT2D eigenvalue weighted by Gasteiger charge is -2.38. The molecule has 0 N–H and O–H groups in total. The molecule has 3 unspecified atom stereocenters. The Morgan fingerprint density at radius 3 is 2.37 bits per heavy atom. The van der Waals surface area contributed by atoms with Crippen molar-refractivity contribution in [1.29, 1.82) is 0 Å². The van der Waals surface area contributed by atoms with E-state index in [2.05, 4.69) is 0 Å². The third kappa shape index (κ3) is 1.94. The van der Waals surface area contributed by atoms with Crippen molar-refractivity contribution < 1.29 is 28.5 Å². The van der Waals surface area contributed by atoms with Gasteiger partial charge >= 0.3 is 0 Å². The van der Waals surface area contributed by atoms with Crippen molar-refractivity contribution in [3.05, 3.63) is 0 Å². The normalized spacial score (nSPS) is 46.7. The van der Waals surface area contributed by atoms with Gasteiger partial charge in [0.25, 0.3) is 5.79 Å². The summed E-state index contributed by atoms with van der Waals surface area (Å²) in [6.07, 6.45) is -1.28. The molecule has 0 aromatic rings. The second-order valence-electron chi connectivity index (χ2n) is 6.21. The van der Waals surface area contributed by atoms with Crippen molar-refractivity contribution >= 4 is 5.78 Å². The largest absolute Gasteiger partial charge is 0.348 e. The number of hydrogen-bond donors (Lipinski definition) is 0. The number of carbonyl (C=O) groups excluding carboxylic acids is 1. The molecule has 108 valence electrons. The molecule has 0 spiro atoms. The third-order valence-corrected chi connectivity index (χ3v) is 3.68. The Balaban J connectivity index is 1.94. The molecular formula is C13H20O6. The van der Waals surface area contributed by atoms with Gasteiger partial charge in [-0.3, -0.25) is 4.79 Å². The summed E-state index contributed by atoms with van der Waals surface area (Å²) in [6, 6.07) is 0. The van der Waals surface area contributed by atoms with Crippen LogP contribution in [0.4, 0.5) is 0 Å². The van der Waals surface area contributed by atoms with E-state index in [0.29, 0.717) is 6.61 Å². The van der Waals surface area contributed by atoms with Crippen LogP contribution in [0.1, 0.15) is 34.6 Å². The Bertz CT molecular complexity index is 417. The Morgan fingerprint density at radius 1 is 1.05 bits per heavy atom. The minimum absolute atomic E-state index is 0.209. The highest BCUT2D eigenvalue weighted by molar-refractivity contribution is 5.85. The van der Waals surface area contributed by atoms with E-state index >= 15 is 0 Å². The zero-order valence-electron chi connectivity index (χ0n) is 11.9. The molecule has 0 saturated carbocycles. The highest BCUT2D eigenvalue weighted by Crippen LogP contribution is 2.49. The van der Waals surface area contributed by atoms with E-state index in [1.807, 2.05) is 13.8 Å². The highest BCUT2D eigenvalue weighted by Gasteiger charge is 2.69. The van der Waals surface area contributed by atoms with Crippen LogP contribution >= 0.6 is 0 Å². The fraction of sp³-hybridized carbons (Fsp3) is 0.923. The Labute approximate surface area is 112 Å². The maximum Gasteiger partial charge on any atom is 0.261 e. The van der Waals surface area contributed by atoms with Crippen LogP contribution in [0.3, 0.4) is 0 Å². The van der Waals surface area contributed by atoms with Crippen LogP contribution in [0.25, 0.3) is 0 Å². The van der Waals surface area contributed by atoms with Gasteiger partial charge in [-0.25, -0.2) is 0 Å². The topological polar surface area (TPSA) is 63.2 Å². The number of carbonyl (C=O) groups is 1. The zero-order valence-corrected chi connectivity index (χ0v) is 11.9. The van der Waals surface area contributed by atoms with Crippen molar-refractivity contribution in [1.82, 2.24) is 0 Å². The lowest BCUT2D eigenvalue weighted by atomic mass is 10.0. The second-order valence-corrected chi connectivity index (χ2v) is 6.21. The molecule has 0 aromatic carbocycles. The van der Waals surface area contributed by atoms with Gasteiger partial charge in [-0.1, -0.05) is 0 Å². The quantitative estimate of drug-likeness (QED) is 0.709. The molecule has 3 fully saturated rings. The maximum atomic E-state index is 12.0. The van der Waals surface area contributed by atoms with Crippen molar-refractivity contribution in [3.63, 3.8) is 0 Å².